The van der Waals surface area contributed by atoms with E-state index in [0.29, 0.717) is 0 Å². The molecule has 0 atom stereocenters. The van der Waals surface area contributed by atoms with Gasteiger partial charge in [0.2, 0.25) is 0 Å². The van der Waals surface area contributed by atoms with Crippen LogP contribution in [0.15, 0.2) is 47.1 Å². The van der Waals surface area contributed by atoms with Crippen LogP contribution in [-0.2, 0) is 26.2 Å². The summed E-state index contributed by atoms with van der Waals surface area (Å²) in [5.41, 5.74) is 8.47. The molecule has 0 heterocycles. The number of halogens is 2. The summed E-state index contributed by atoms with van der Waals surface area (Å²) in [5.74, 6) is 0. The summed E-state index contributed by atoms with van der Waals surface area (Å²) in [6.45, 7) is 13.5. The Balaban J connectivity index is 0.00000192. The van der Waals surface area contributed by atoms with Gasteiger partial charge in [0.1, 0.15) is 0 Å². The number of fused-ring (bicyclic) bond motifs is 1. The number of allylic oxidation sites excluding steroid dienone is 5. The average Bonchev–Trinajstić information content (AvgIpc) is 3.03. The van der Waals surface area contributed by atoms with E-state index in [-0.39, 0.29) is 56.4 Å². The molecule has 1 radical (unpaired) electrons. The first-order valence-corrected chi connectivity index (χ1v) is 8.11. The largest absolute Gasteiger partial charge is 3.00 e. The maximum atomic E-state index is 3.66. The fraction of sp³-hybridized carbons (Fsp3) is 0.364. The van der Waals surface area contributed by atoms with Crippen LogP contribution in [0.2, 0.25) is 0 Å². The van der Waals surface area contributed by atoms with Gasteiger partial charge in [0.05, 0.1) is 0 Å². The fourth-order valence-corrected chi connectivity index (χ4v) is 3.36. The first-order valence-electron chi connectivity index (χ1n) is 8.11. The van der Waals surface area contributed by atoms with Crippen molar-refractivity contribution in [1.29, 1.82) is 0 Å². The van der Waals surface area contributed by atoms with E-state index in [2.05, 4.69) is 78.0 Å². The molecule has 2 aliphatic rings. The molecular formula is C22H25Cl2Zr. The summed E-state index contributed by atoms with van der Waals surface area (Å²) in [6, 6.07) is 6.56. The van der Waals surface area contributed by atoms with Crippen molar-refractivity contribution in [2.24, 2.45) is 5.41 Å². The molecular weight excluding hydrogens is 426 g/mol. The Labute approximate surface area is 183 Å². The van der Waals surface area contributed by atoms with Crippen molar-refractivity contribution in [2.75, 3.05) is 0 Å². The van der Waals surface area contributed by atoms with E-state index >= 15 is 0 Å². The molecule has 0 spiro atoms. The topological polar surface area (TPSA) is 0 Å². The molecule has 3 heteroatoms. The zero-order valence-electron chi connectivity index (χ0n) is 15.8. The van der Waals surface area contributed by atoms with Gasteiger partial charge in [0.15, 0.2) is 0 Å². The Morgan fingerprint density at radius 2 is 1.68 bits per heavy atom. The van der Waals surface area contributed by atoms with E-state index in [1.54, 1.807) is 0 Å². The fourth-order valence-electron chi connectivity index (χ4n) is 3.36. The minimum absolute atomic E-state index is 0. The Bertz CT molecular complexity index is 858. The zero-order valence-corrected chi connectivity index (χ0v) is 19.8. The van der Waals surface area contributed by atoms with Gasteiger partial charge >= 0.3 is 26.2 Å². The first kappa shape index (κ1) is 24.6. The Morgan fingerprint density at radius 1 is 1.04 bits per heavy atom. The molecule has 0 fully saturated rings. The predicted molar refractivity (Wildman–Crippen MR) is 95.6 cm³/mol. The van der Waals surface area contributed by atoms with Crippen molar-refractivity contribution in [3.8, 4) is 0 Å². The standard InChI is InChI=1S/C22H25.2ClH.Zr/c1-14(2)19-9-7-8-17-13-20(15(3)21(17)19)16-10-11-18(12-16)22(4,5)6;;;/h7-11H,12H2,1-6H3;2*1H;/q-1;;;+3/p-2. The molecule has 0 bridgehead atoms. The summed E-state index contributed by atoms with van der Waals surface area (Å²) in [6.07, 6.45) is 9.31. The molecule has 0 saturated heterocycles. The Morgan fingerprint density at radius 3 is 2.20 bits per heavy atom. The van der Waals surface area contributed by atoms with E-state index in [0.717, 1.165) is 6.42 Å². The molecule has 0 aromatic heterocycles. The molecule has 0 aliphatic heterocycles. The monoisotopic (exact) mass is 449 g/mol. The molecule has 25 heavy (non-hydrogen) atoms. The van der Waals surface area contributed by atoms with Gasteiger partial charge in [0.25, 0.3) is 0 Å². The van der Waals surface area contributed by atoms with Crippen molar-refractivity contribution in [3.63, 3.8) is 0 Å². The zero-order chi connectivity index (χ0) is 16.1. The normalized spacial score (nSPS) is 15.1. The molecule has 0 amide bonds. The van der Waals surface area contributed by atoms with E-state index < -0.39 is 0 Å². The number of hydrogen-bond donors (Lipinski definition) is 0. The van der Waals surface area contributed by atoms with Crippen LogP contribution < -0.4 is 35.3 Å². The third kappa shape index (κ3) is 4.68. The first-order chi connectivity index (χ1) is 10.3. The van der Waals surface area contributed by atoms with Gasteiger partial charge < -0.3 is 24.8 Å². The smallest absolute Gasteiger partial charge is 1.00 e. The maximum absolute atomic E-state index is 3.66. The summed E-state index contributed by atoms with van der Waals surface area (Å²) in [7, 11) is 0. The molecule has 3 rings (SSSR count). The number of benzene rings is 1. The second-order valence-corrected chi connectivity index (χ2v) is 7.66. The van der Waals surface area contributed by atoms with Crippen LogP contribution in [0, 0.1) is 11.5 Å². The van der Waals surface area contributed by atoms with Gasteiger partial charge in [-0.1, -0.05) is 68.3 Å². The van der Waals surface area contributed by atoms with Crippen LogP contribution in [0.3, 0.4) is 0 Å². The molecule has 131 valence electrons. The molecule has 0 saturated carbocycles. The van der Waals surface area contributed by atoms with E-state index in [1.807, 2.05) is 0 Å². The van der Waals surface area contributed by atoms with Crippen molar-refractivity contribution in [1.82, 2.24) is 0 Å². The third-order valence-corrected chi connectivity index (χ3v) is 4.76. The van der Waals surface area contributed by atoms with Crippen molar-refractivity contribution in [2.45, 2.75) is 48.0 Å². The number of hydrogen-bond acceptors (Lipinski definition) is 0. The minimum Gasteiger partial charge on any atom is -1.00 e. The maximum Gasteiger partial charge on any atom is 3.00 e. The summed E-state index contributed by atoms with van der Waals surface area (Å²) in [4.78, 5) is 0. The molecule has 0 unspecified atom stereocenters. The van der Waals surface area contributed by atoms with Crippen molar-refractivity contribution < 1.29 is 51.0 Å². The SMILES string of the molecule is CC(C)=c1cccc2c1=C(C)C(C1=CC=C(C(C)(C)C)C1)=[C-]2.[Cl-].[Cl-].[Zr+3]. The molecule has 0 N–H and O–H groups in total. The quantitative estimate of drug-likeness (QED) is 0.454. The van der Waals surface area contributed by atoms with Gasteiger partial charge in [-0.05, 0) is 25.7 Å². The van der Waals surface area contributed by atoms with Crippen LogP contribution in [-0.4, -0.2) is 0 Å². The second-order valence-electron chi connectivity index (χ2n) is 7.66. The minimum atomic E-state index is 0. The van der Waals surface area contributed by atoms with Crippen LogP contribution >= 0.6 is 0 Å². The van der Waals surface area contributed by atoms with E-state index in [9.17, 15) is 0 Å². The summed E-state index contributed by atoms with van der Waals surface area (Å²) in [5, 5.41) is 2.74. The van der Waals surface area contributed by atoms with Crippen LogP contribution in [0.4, 0.5) is 0 Å². The van der Waals surface area contributed by atoms with Gasteiger partial charge in [0, 0.05) is 0 Å². The molecule has 0 nitrogen and oxygen atoms in total. The summed E-state index contributed by atoms with van der Waals surface area (Å²) >= 11 is 0. The molecule has 1 aromatic rings. The van der Waals surface area contributed by atoms with E-state index in [4.69, 9.17) is 0 Å². The van der Waals surface area contributed by atoms with Crippen molar-refractivity contribution >= 4 is 11.1 Å². The molecule has 1 aromatic carbocycles. The Kier molecular flexibility index (Phi) is 8.90. The van der Waals surface area contributed by atoms with Gasteiger partial charge in [-0.15, -0.1) is 39.6 Å². The van der Waals surface area contributed by atoms with Crippen LogP contribution in [0.25, 0.3) is 11.1 Å². The molecule has 2 aliphatic carbocycles. The Hall–Kier alpha value is -0.357. The van der Waals surface area contributed by atoms with Gasteiger partial charge in [-0.2, -0.15) is 0 Å². The van der Waals surface area contributed by atoms with Crippen molar-refractivity contribution in [3.05, 3.63) is 69.1 Å². The third-order valence-electron chi connectivity index (χ3n) is 4.76. The van der Waals surface area contributed by atoms with Crippen LogP contribution in [0.5, 0.6) is 0 Å². The van der Waals surface area contributed by atoms with E-state index in [1.165, 1.54) is 43.9 Å². The predicted octanol–water partition coefficient (Wildman–Crippen LogP) is -1.55. The van der Waals surface area contributed by atoms with Crippen LogP contribution in [0.1, 0.15) is 53.5 Å². The van der Waals surface area contributed by atoms with Gasteiger partial charge in [-0.3, -0.25) is 0 Å². The average molecular weight is 452 g/mol. The second kappa shape index (κ2) is 9.03. The summed E-state index contributed by atoms with van der Waals surface area (Å²) < 4.78 is 0. The number of rotatable bonds is 1. The van der Waals surface area contributed by atoms with Gasteiger partial charge in [-0.25, -0.2) is 0 Å².